The Labute approximate surface area is 122 Å². The number of hydrogen-bond donors (Lipinski definition) is 0. The minimum atomic E-state index is -0.177. The highest BCUT2D eigenvalue weighted by Crippen LogP contribution is 2.36. The van der Waals surface area contributed by atoms with Crippen LogP contribution in [0.1, 0.15) is 10.8 Å². The summed E-state index contributed by atoms with van der Waals surface area (Å²) in [5, 5.41) is 2.14. The predicted molar refractivity (Wildman–Crippen MR) is 85.1 cm³/mol. The van der Waals surface area contributed by atoms with Crippen molar-refractivity contribution in [1.82, 2.24) is 0 Å². The van der Waals surface area contributed by atoms with Gasteiger partial charge in [0.2, 0.25) is 0 Å². The van der Waals surface area contributed by atoms with Gasteiger partial charge in [0, 0.05) is 4.90 Å². The molecule has 0 aliphatic rings. The van der Waals surface area contributed by atoms with E-state index in [1.54, 1.807) is 11.8 Å². The normalized spacial score (nSPS) is 12.2. The van der Waals surface area contributed by atoms with Crippen LogP contribution in [0.15, 0.2) is 77.7 Å². The summed E-state index contributed by atoms with van der Waals surface area (Å²) in [6.07, 6.45) is 1.03. The highest BCUT2D eigenvalue weighted by atomic mass is 32.2. The van der Waals surface area contributed by atoms with Gasteiger partial charge in [-0.2, -0.15) is 0 Å². The van der Waals surface area contributed by atoms with Crippen LogP contribution in [0.5, 0.6) is 0 Å². The van der Waals surface area contributed by atoms with Crippen molar-refractivity contribution < 1.29 is 4.79 Å². The molecule has 1 nitrogen and oxygen atoms in total. The summed E-state index contributed by atoms with van der Waals surface area (Å²) in [6.45, 7) is 0. The van der Waals surface area contributed by atoms with Crippen molar-refractivity contribution in [2.24, 2.45) is 0 Å². The first-order valence-corrected chi connectivity index (χ1v) is 7.41. The van der Waals surface area contributed by atoms with E-state index in [4.69, 9.17) is 0 Å². The van der Waals surface area contributed by atoms with E-state index in [-0.39, 0.29) is 5.25 Å². The Morgan fingerprint density at radius 3 is 2.30 bits per heavy atom. The highest BCUT2D eigenvalue weighted by Gasteiger charge is 2.14. The fourth-order valence-electron chi connectivity index (χ4n) is 2.31. The molecule has 0 saturated heterocycles. The van der Waals surface area contributed by atoms with E-state index in [0.29, 0.717) is 0 Å². The van der Waals surface area contributed by atoms with Crippen LogP contribution in [-0.4, -0.2) is 6.29 Å². The minimum absolute atomic E-state index is 0.177. The van der Waals surface area contributed by atoms with Gasteiger partial charge in [-0.1, -0.05) is 60.7 Å². The zero-order valence-electron chi connectivity index (χ0n) is 10.9. The molecule has 0 aliphatic heterocycles. The molecule has 0 bridgehead atoms. The van der Waals surface area contributed by atoms with Crippen molar-refractivity contribution in [2.75, 3.05) is 0 Å². The second kappa shape index (κ2) is 5.93. The Balaban J connectivity index is 2.01. The lowest BCUT2D eigenvalue weighted by molar-refractivity contribution is -0.107. The summed E-state index contributed by atoms with van der Waals surface area (Å²) >= 11 is 1.59. The SMILES string of the molecule is O=CC(Sc1ccccc1)c1cccc2ccccc12. The highest BCUT2D eigenvalue weighted by molar-refractivity contribution is 8.00. The first-order valence-electron chi connectivity index (χ1n) is 6.53. The molecular formula is C18H14OS. The Hall–Kier alpha value is -2.06. The molecule has 0 aromatic heterocycles. The Morgan fingerprint density at radius 1 is 0.800 bits per heavy atom. The Bertz CT molecular complexity index is 716. The van der Waals surface area contributed by atoms with E-state index < -0.39 is 0 Å². The molecule has 0 N–H and O–H groups in total. The van der Waals surface area contributed by atoms with Crippen molar-refractivity contribution in [3.05, 3.63) is 78.4 Å². The van der Waals surface area contributed by atoms with E-state index in [0.717, 1.165) is 22.1 Å². The molecule has 0 radical (unpaired) electrons. The van der Waals surface area contributed by atoms with Crippen LogP contribution >= 0.6 is 11.8 Å². The van der Waals surface area contributed by atoms with E-state index in [2.05, 4.69) is 18.2 Å². The van der Waals surface area contributed by atoms with Gasteiger partial charge in [0.05, 0.1) is 5.25 Å². The lowest BCUT2D eigenvalue weighted by Gasteiger charge is -2.13. The summed E-state index contributed by atoms with van der Waals surface area (Å²) in [5.74, 6) is 0. The summed E-state index contributed by atoms with van der Waals surface area (Å²) in [5.41, 5.74) is 1.08. The van der Waals surface area contributed by atoms with Crippen LogP contribution in [0.25, 0.3) is 10.8 Å². The van der Waals surface area contributed by atoms with Crippen LogP contribution < -0.4 is 0 Å². The summed E-state index contributed by atoms with van der Waals surface area (Å²) in [4.78, 5) is 12.6. The minimum Gasteiger partial charge on any atom is -0.302 e. The molecule has 3 aromatic rings. The quantitative estimate of drug-likeness (QED) is 0.500. The zero-order chi connectivity index (χ0) is 13.8. The maximum atomic E-state index is 11.5. The van der Waals surface area contributed by atoms with Crippen molar-refractivity contribution in [3.8, 4) is 0 Å². The van der Waals surface area contributed by atoms with Gasteiger partial charge in [-0.05, 0) is 28.5 Å². The van der Waals surface area contributed by atoms with Crippen LogP contribution in [0.4, 0.5) is 0 Å². The predicted octanol–water partition coefficient (Wildman–Crippen LogP) is 4.87. The smallest absolute Gasteiger partial charge is 0.137 e. The lowest BCUT2D eigenvalue weighted by Crippen LogP contribution is -1.96. The van der Waals surface area contributed by atoms with Crippen LogP contribution in [-0.2, 0) is 4.79 Å². The molecule has 2 heteroatoms. The second-order valence-corrected chi connectivity index (χ2v) is 5.77. The molecule has 0 heterocycles. The number of thioether (sulfide) groups is 1. The third-order valence-electron chi connectivity index (χ3n) is 3.26. The average molecular weight is 278 g/mol. The number of carbonyl (C=O) groups excluding carboxylic acids is 1. The van der Waals surface area contributed by atoms with E-state index in [1.165, 1.54) is 5.39 Å². The Morgan fingerprint density at radius 2 is 1.50 bits per heavy atom. The largest absolute Gasteiger partial charge is 0.302 e. The molecule has 98 valence electrons. The molecule has 0 fully saturated rings. The first kappa shape index (κ1) is 12.9. The number of fused-ring (bicyclic) bond motifs is 1. The lowest BCUT2D eigenvalue weighted by atomic mass is 10.0. The number of benzene rings is 3. The van der Waals surface area contributed by atoms with Gasteiger partial charge in [-0.25, -0.2) is 0 Å². The first-order chi connectivity index (χ1) is 9.88. The molecule has 0 saturated carbocycles. The molecule has 20 heavy (non-hydrogen) atoms. The Kier molecular flexibility index (Phi) is 3.84. The van der Waals surface area contributed by atoms with Crippen LogP contribution in [0.2, 0.25) is 0 Å². The van der Waals surface area contributed by atoms with E-state index in [1.807, 2.05) is 54.6 Å². The fraction of sp³-hybridized carbons (Fsp3) is 0.0556. The topological polar surface area (TPSA) is 17.1 Å². The third kappa shape index (κ3) is 2.61. The number of hydrogen-bond acceptors (Lipinski definition) is 2. The van der Waals surface area contributed by atoms with Crippen molar-refractivity contribution in [3.63, 3.8) is 0 Å². The third-order valence-corrected chi connectivity index (χ3v) is 4.42. The number of rotatable bonds is 4. The van der Waals surface area contributed by atoms with Crippen molar-refractivity contribution in [2.45, 2.75) is 10.1 Å². The van der Waals surface area contributed by atoms with Gasteiger partial charge in [-0.15, -0.1) is 11.8 Å². The molecule has 1 atom stereocenters. The van der Waals surface area contributed by atoms with E-state index in [9.17, 15) is 4.79 Å². The van der Waals surface area contributed by atoms with Gasteiger partial charge >= 0.3 is 0 Å². The fourth-order valence-corrected chi connectivity index (χ4v) is 3.30. The molecule has 0 spiro atoms. The zero-order valence-corrected chi connectivity index (χ0v) is 11.7. The summed E-state index contributed by atoms with van der Waals surface area (Å²) < 4.78 is 0. The molecule has 3 rings (SSSR count). The second-order valence-electron chi connectivity index (χ2n) is 4.56. The molecule has 0 amide bonds. The maximum Gasteiger partial charge on any atom is 0.137 e. The molecule has 1 unspecified atom stereocenters. The molecule has 0 aliphatic carbocycles. The van der Waals surface area contributed by atoms with E-state index >= 15 is 0 Å². The van der Waals surface area contributed by atoms with Gasteiger partial charge in [0.25, 0.3) is 0 Å². The standard InChI is InChI=1S/C18H14OS/c19-13-18(20-15-9-2-1-3-10-15)17-12-6-8-14-7-4-5-11-16(14)17/h1-13,18H. The van der Waals surface area contributed by atoms with Crippen molar-refractivity contribution >= 4 is 28.8 Å². The van der Waals surface area contributed by atoms with Gasteiger partial charge in [0.1, 0.15) is 6.29 Å². The number of carbonyl (C=O) groups is 1. The molecular weight excluding hydrogens is 264 g/mol. The molecule has 3 aromatic carbocycles. The summed E-state index contributed by atoms with van der Waals surface area (Å²) in [6, 6.07) is 24.4. The van der Waals surface area contributed by atoms with Gasteiger partial charge in [-0.3, -0.25) is 0 Å². The number of aldehydes is 1. The maximum absolute atomic E-state index is 11.5. The van der Waals surface area contributed by atoms with Crippen molar-refractivity contribution in [1.29, 1.82) is 0 Å². The van der Waals surface area contributed by atoms with Crippen LogP contribution in [0.3, 0.4) is 0 Å². The van der Waals surface area contributed by atoms with Gasteiger partial charge in [0.15, 0.2) is 0 Å². The summed E-state index contributed by atoms with van der Waals surface area (Å²) in [7, 11) is 0. The monoisotopic (exact) mass is 278 g/mol. The van der Waals surface area contributed by atoms with Gasteiger partial charge < -0.3 is 4.79 Å². The average Bonchev–Trinajstić information content (AvgIpc) is 2.53. The van der Waals surface area contributed by atoms with Crippen LogP contribution in [0, 0.1) is 0 Å².